The quantitative estimate of drug-likeness (QED) is 0.297. The number of anilines is 2. The molecule has 0 bridgehead atoms. The highest BCUT2D eigenvalue weighted by atomic mass is 19.4. The van der Waals surface area contributed by atoms with Crippen molar-refractivity contribution in [3.05, 3.63) is 63.7 Å². The van der Waals surface area contributed by atoms with Crippen LogP contribution in [0.5, 0.6) is 0 Å². The van der Waals surface area contributed by atoms with E-state index in [-0.39, 0.29) is 43.3 Å². The number of aromatic nitrogens is 4. The molecule has 3 heterocycles. The van der Waals surface area contributed by atoms with Crippen LogP contribution >= 0.6 is 0 Å². The van der Waals surface area contributed by atoms with Crippen molar-refractivity contribution in [3.63, 3.8) is 0 Å². The van der Waals surface area contributed by atoms with Crippen LogP contribution in [0.25, 0.3) is 0 Å². The van der Waals surface area contributed by atoms with E-state index in [9.17, 15) is 31.1 Å². The number of hydrogen-bond acceptors (Lipinski definition) is 7. The predicted molar refractivity (Wildman–Crippen MR) is 166 cm³/mol. The molecule has 2 aliphatic heterocycles. The van der Waals surface area contributed by atoms with E-state index in [2.05, 4.69) is 31.7 Å². The summed E-state index contributed by atoms with van der Waals surface area (Å²) in [6.45, 7) is 6.29. The fraction of sp³-hybridized carbons (Fsp3) is 0.562. The molecule has 3 aromatic rings. The lowest BCUT2D eigenvalue weighted by Crippen LogP contribution is -2.46. The number of halogens is 6. The van der Waals surface area contributed by atoms with Gasteiger partial charge in [0.05, 0.1) is 30.8 Å². The van der Waals surface area contributed by atoms with Crippen LogP contribution in [0.1, 0.15) is 65.1 Å². The van der Waals surface area contributed by atoms with Gasteiger partial charge in [0.15, 0.2) is 0 Å². The number of aliphatic hydroxyl groups is 1. The highest BCUT2D eigenvalue weighted by Gasteiger charge is 2.38. The molecule has 2 amide bonds. The summed E-state index contributed by atoms with van der Waals surface area (Å²) in [4.78, 5) is 19.3. The zero-order valence-electron chi connectivity index (χ0n) is 27.1. The maximum Gasteiger partial charge on any atom is 0.416 e. The molecule has 0 radical (unpaired) electrons. The third-order valence-corrected chi connectivity index (χ3v) is 8.95. The highest BCUT2D eigenvalue weighted by molar-refractivity contribution is 5.74. The highest BCUT2D eigenvalue weighted by Crippen LogP contribution is 2.43. The van der Waals surface area contributed by atoms with E-state index in [1.807, 2.05) is 19.9 Å². The van der Waals surface area contributed by atoms with Gasteiger partial charge in [0, 0.05) is 45.0 Å². The van der Waals surface area contributed by atoms with Crippen LogP contribution in [0.15, 0.2) is 30.3 Å². The fourth-order valence-corrected chi connectivity index (χ4v) is 6.85. The Morgan fingerprint density at radius 1 is 0.979 bits per heavy atom. The minimum atomic E-state index is -4.98. The first kappa shape index (κ1) is 35.2. The van der Waals surface area contributed by atoms with Gasteiger partial charge in [0.25, 0.3) is 5.95 Å². The minimum absolute atomic E-state index is 0.0962. The minimum Gasteiger partial charge on any atom is -0.395 e. The van der Waals surface area contributed by atoms with Gasteiger partial charge in [0.1, 0.15) is 0 Å². The van der Waals surface area contributed by atoms with Crippen molar-refractivity contribution in [2.75, 3.05) is 49.1 Å². The summed E-state index contributed by atoms with van der Waals surface area (Å²) in [6, 6.07) is 5.05. The van der Waals surface area contributed by atoms with Crippen LogP contribution < -0.4 is 15.1 Å². The average Bonchev–Trinajstić information content (AvgIpc) is 3.37. The van der Waals surface area contributed by atoms with E-state index in [4.69, 9.17) is 5.11 Å². The van der Waals surface area contributed by atoms with E-state index in [1.54, 1.807) is 16.8 Å². The Balaban J connectivity index is 1.49. The van der Waals surface area contributed by atoms with Crippen LogP contribution in [0.4, 0.5) is 42.8 Å². The molecular weight excluding hydrogens is 642 g/mol. The second-order valence-electron chi connectivity index (χ2n) is 12.6. The molecule has 2 N–H and O–H groups in total. The lowest BCUT2D eigenvalue weighted by molar-refractivity contribution is -0.143. The number of carbonyl (C=O) groups is 1. The Hall–Kier alpha value is -4.08. The fourth-order valence-electron chi connectivity index (χ4n) is 6.85. The standard InChI is InChI=1S/C32H40F6N8O2/c1-20-13-21(2)28-26(14-20)27(5-4-9-45(28)18-22-6-10-44(11-7-22)30(48)39-8-12-47)46(29-40-42-43(3)41-29)19-23-15-24(31(33,34)35)17-25(16-23)32(36,37)38/h13-17,22,27,47H,4-12,18-19H2,1-3H3,(H,39,48). The van der Waals surface area contributed by atoms with Gasteiger partial charge < -0.3 is 25.1 Å². The third-order valence-electron chi connectivity index (χ3n) is 8.95. The van der Waals surface area contributed by atoms with Crippen molar-refractivity contribution in [1.29, 1.82) is 0 Å². The summed E-state index contributed by atoms with van der Waals surface area (Å²) in [5, 5.41) is 24.1. The monoisotopic (exact) mass is 682 g/mol. The smallest absolute Gasteiger partial charge is 0.395 e. The summed E-state index contributed by atoms with van der Waals surface area (Å²) in [7, 11) is 1.54. The van der Waals surface area contributed by atoms with Crippen molar-refractivity contribution >= 4 is 17.7 Å². The number of benzene rings is 2. The van der Waals surface area contributed by atoms with Crippen molar-refractivity contribution in [2.24, 2.45) is 13.0 Å². The summed E-state index contributed by atoms with van der Waals surface area (Å²) in [5.74, 6) is 0.388. The van der Waals surface area contributed by atoms with E-state index in [0.29, 0.717) is 38.4 Å². The number of fused-ring (bicyclic) bond motifs is 1. The first-order valence-electron chi connectivity index (χ1n) is 15.9. The number of tetrazole rings is 1. The number of urea groups is 1. The second kappa shape index (κ2) is 14.2. The summed E-state index contributed by atoms with van der Waals surface area (Å²) in [5.41, 5.74) is 0.896. The molecule has 5 rings (SSSR count). The summed E-state index contributed by atoms with van der Waals surface area (Å²) < 4.78 is 82.7. The molecule has 2 aromatic carbocycles. The van der Waals surface area contributed by atoms with Gasteiger partial charge in [-0.25, -0.2) is 4.79 Å². The predicted octanol–water partition coefficient (Wildman–Crippen LogP) is 5.63. The first-order valence-corrected chi connectivity index (χ1v) is 15.9. The first-order chi connectivity index (χ1) is 22.6. The molecule has 2 aliphatic rings. The van der Waals surface area contributed by atoms with E-state index in [0.717, 1.165) is 53.9 Å². The average molecular weight is 683 g/mol. The Kier molecular flexibility index (Phi) is 10.4. The maximum atomic E-state index is 13.8. The Bertz CT molecular complexity index is 1550. The Morgan fingerprint density at radius 2 is 1.65 bits per heavy atom. The van der Waals surface area contributed by atoms with Crippen LogP contribution in [0, 0.1) is 19.8 Å². The van der Waals surface area contributed by atoms with Crippen LogP contribution in [-0.2, 0) is 25.9 Å². The van der Waals surface area contributed by atoms with Crippen LogP contribution in [0.3, 0.4) is 0 Å². The van der Waals surface area contributed by atoms with Gasteiger partial charge in [-0.2, -0.15) is 31.1 Å². The zero-order chi connectivity index (χ0) is 34.8. The van der Waals surface area contributed by atoms with Crippen molar-refractivity contribution in [3.8, 4) is 0 Å². The number of aryl methyl sites for hydroxylation is 3. The zero-order valence-corrected chi connectivity index (χ0v) is 27.1. The summed E-state index contributed by atoms with van der Waals surface area (Å²) in [6.07, 6.45) is -7.14. The number of alkyl halides is 6. The number of aliphatic hydroxyl groups excluding tert-OH is 1. The Labute approximate surface area is 274 Å². The third kappa shape index (κ3) is 8.13. The molecule has 1 aromatic heterocycles. The molecule has 1 saturated heterocycles. The molecule has 0 saturated carbocycles. The van der Waals surface area contributed by atoms with Gasteiger partial charge in [0.2, 0.25) is 0 Å². The SMILES string of the molecule is Cc1cc(C)c2c(c1)C(N(Cc1cc(C(F)(F)F)cc(C(F)(F)F)c1)c1nnn(C)n1)CCCN2CC1CCN(C(=O)NCCO)CC1. The van der Waals surface area contributed by atoms with E-state index >= 15 is 0 Å². The number of rotatable bonds is 8. The van der Waals surface area contributed by atoms with Gasteiger partial charge in [-0.1, -0.05) is 22.8 Å². The number of nitrogens with one attached hydrogen (secondary N) is 1. The van der Waals surface area contributed by atoms with Gasteiger partial charge in [-0.3, -0.25) is 0 Å². The maximum absolute atomic E-state index is 13.8. The number of nitrogens with zero attached hydrogens (tertiary/aromatic N) is 7. The molecule has 1 atom stereocenters. The molecular formula is C32H40F6N8O2. The molecule has 10 nitrogen and oxygen atoms in total. The van der Waals surface area contributed by atoms with Crippen LogP contribution in [0.2, 0.25) is 0 Å². The lowest BCUT2D eigenvalue weighted by atomic mass is 9.93. The number of carbonyl (C=O) groups excluding carboxylic acids is 1. The number of likely N-dealkylation sites (tertiary alicyclic amines) is 1. The molecule has 16 heteroatoms. The normalized spacial score (nSPS) is 17.7. The number of piperidine rings is 1. The molecule has 48 heavy (non-hydrogen) atoms. The van der Waals surface area contributed by atoms with Gasteiger partial charge in [-0.15, -0.1) is 5.10 Å². The molecule has 262 valence electrons. The van der Waals surface area contributed by atoms with E-state index < -0.39 is 29.5 Å². The summed E-state index contributed by atoms with van der Waals surface area (Å²) >= 11 is 0. The molecule has 1 fully saturated rings. The number of amides is 2. The molecule has 0 aliphatic carbocycles. The van der Waals surface area contributed by atoms with Gasteiger partial charge in [-0.05, 0) is 85.6 Å². The van der Waals surface area contributed by atoms with Crippen molar-refractivity contribution < 1.29 is 36.2 Å². The molecule has 1 unspecified atom stereocenters. The van der Waals surface area contributed by atoms with Crippen molar-refractivity contribution in [2.45, 2.75) is 64.5 Å². The van der Waals surface area contributed by atoms with E-state index in [1.165, 1.54) is 4.80 Å². The second-order valence-corrected chi connectivity index (χ2v) is 12.6. The largest absolute Gasteiger partial charge is 0.416 e. The van der Waals surface area contributed by atoms with Crippen molar-refractivity contribution in [1.82, 2.24) is 30.4 Å². The van der Waals surface area contributed by atoms with Crippen LogP contribution in [-0.4, -0.2) is 75.6 Å². The Morgan fingerprint density at radius 3 is 2.23 bits per heavy atom. The number of hydrogen-bond donors (Lipinski definition) is 2. The lowest BCUT2D eigenvalue weighted by Gasteiger charge is -2.37. The topological polar surface area (TPSA) is 103 Å². The van der Waals surface area contributed by atoms with Gasteiger partial charge >= 0.3 is 18.4 Å². The molecule has 0 spiro atoms.